The van der Waals surface area contributed by atoms with Crippen molar-refractivity contribution in [2.75, 3.05) is 0 Å². The molecule has 0 rings (SSSR count). The SMILES string of the molecule is C=C(C)C(=O)OC(CCCCCCCCCCC)(CCCCCCCCCCCC)OC(=O)C(=C)C. The lowest BCUT2D eigenvalue weighted by atomic mass is 9.98. The monoisotopic (exact) mass is 506 g/mol. The van der Waals surface area contributed by atoms with E-state index in [0.29, 0.717) is 24.0 Å². The molecule has 0 aromatic rings. The van der Waals surface area contributed by atoms with Crippen molar-refractivity contribution in [1.29, 1.82) is 0 Å². The Labute approximate surface area is 223 Å². The predicted molar refractivity (Wildman–Crippen MR) is 153 cm³/mol. The van der Waals surface area contributed by atoms with Crippen molar-refractivity contribution in [3.05, 3.63) is 24.3 Å². The largest absolute Gasteiger partial charge is 0.419 e. The van der Waals surface area contributed by atoms with Gasteiger partial charge in [0.15, 0.2) is 0 Å². The molecule has 0 aliphatic rings. The van der Waals surface area contributed by atoms with Crippen LogP contribution >= 0.6 is 0 Å². The van der Waals surface area contributed by atoms with Gasteiger partial charge >= 0.3 is 11.9 Å². The van der Waals surface area contributed by atoms with Gasteiger partial charge in [0, 0.05) is 24.0 Å². The summed E-state index contributed by atoms with van der Waals surface area (Å²) in [7, 11) is 0. The number of hydrogen-bond donors (Lipinski definition) is 0. The van der Waals surface area contributed by atoms with Gasteiger partial charge in [0.05, 0.1) is 0 Å². The topological polar surface area (TPSA) is 52.6 Å². The average Bonchev–Trinajstić information content (AvgIpc) is 2.84. The highest BCUT2D eigenvalue weighted by Crippen LogP contribution is 2.31. The molecule has 0 N–H and O–H groups in total. The molecule has 0 aromatic carbocycles. The second-order valence-corrected chi connectivity index (χ2v) is 10.8. The summed E-state index contributed by atoms with van der Waals surface area (Å²) in [6.07, 6.45) is 24.0. The molecule has 0 atom stereocenters. The van der Waals surface area contributed by atoms with Crippen LogP contribution in [-0.4, -0.2) is 17.7 Å². The van der Waals surface area contributed by atoms with E-state index < -0.39 is 17.7 Å². The Hall–Kier alpha value is -1.58. The molecule has 0 aliphatic carbocycles. The van der Waals surface area contributed by atoms with Gasteiger partial charge in [0.25, 0.3) is 5.79 Å². The fourth-order valence-electron chi connectivity index (χ4n) is 4.45. The Kier molecular flexibility index (Phi) is 21.6. The maximum Gasteiger partial charge on any atom is 0.336 e. The van der Waals surface area contributed by atoms with Crippen LogP contribution in [0, 0.1) is 0 Å². The predicted octanol–water partition coefficient (Wildman–Crippen LogP) is 10.2. The van der Waals surface area contributed by atoms with Gasteiger partial charge in [-0.2, -0.15) is 0 Å². The fraction of sp³-hybridized carbons (Fsp3) is 0.812. The molecule has 0 aromatic heterocycles. The molecule has 0 saturated heterocycles. The zero-order chi connectivity index (χ0) is 27.1. The van der Waals surface area contributed by atoms with E-state index in [1.54, 1.807) is 13.8 Å². The van der Waals surface area contributed by atoms with Gasteiger partial charge in [-0.15, -0.1) is 0 Å². The lowest BCUT2D eigenvalue weighted by Gasteiger charge is -2.33. The first-order chi connectivity index (χ1) is 17.3. The average molecular weight is 507 g/mol. The van der Waals surface area contributed by atoms with E-state index in [9.17, 15) is 9.59 Å². The molecule has 210 valence electrons. The first kappa shape index (κ1) is 34.4. The smallest absolute Gasteiger partial charge is 0.336 e. The van der Waals surface area contributed by atoms with Gasteiger partial charge < -0.3 is 9.47 Å². The first-order valence-corrected chi connectivity index (χ1v) is 15.1. The zero-order valence-electron chi connectivity index (χ0n) is 24.4. The standard InChI is InChI=1S/C32H58O4/c1-7-9-11-13-15-17-19-21-23-25-27-32(35-30(33)28(3)4,36-31(34)29(5)6)26-24-22-20-18-16-14-12-10-8-2/h3,5,7-27H2,1-2,4,6H3. The molecule has 4 nitrogen and oxygen atoms in total. The second kappa shape index (κ2) is 22.6. The molecule has 0 spiro atoms. The highest BCUT2D eigenvalue weighted by Gasteiger charge is 2.38. The number of hydrogen-bond acceptors (Lipinski definition) is 4. The van der Waals surface area contributed by atoms with Crippen LogP contribution in [0.2, 0.25) is 0 Å². The molecule has 4 heteroatoms. The molecule has 0 unspecified atom stereocenters. The molecule has 0 fully saturated rings. The molecular formula is C32H58O4. The van der Waals surface area contributed by atoms with E-state index in [4.69, 9.17) is 9.47 Å². The van der Waals surface area contributed by atoms with Crippen LogP contribution in [0.3, 0.4) is 0 Å². The van der Waals surface area contributed by atoms with Crippen LogP contribution in [0.15, 0.2) is 24.3 Å². The lowest BCUT2D eigenvalue weighted by Crippen LogP contribution is -2.40. The van der Waals surface area contributed by atoms with E-state index in [1.807, 2.05) is 0 Å². The number of rotatable bonds is 25. The normalized spacial score (nSPS) is 11.3. The Bertz CT molecular complexity index is 579. The van der Waals surface area contributed by atoms with Crippen LogP contribution in [-0.2, 0) is 19.1 Å². The molecule has 0 saturated carbocycles. The van der Waals surface area contributed by atoms with Crippen molar-refractivity contribution < 1.29 is 19.1 Å². The maximum absolute atomic E-state index is 12.5. The number of esters is 2. The number of carbonyl (C=O) groups is 2. The highest BCUT2D eigenvalue weighted by molar-refractivity contribution is 5.89. The Balaban J connectivity index is 4.81. The summed E-state index contributed by atoms with van der Waals surface area (Å²) in [6, 6.07) is 0. The van der Waals surface area contributed by atoms with Gasteiger partial charge in [-0.25, -0.2) is 9.59 Å². The third-order valence-electron chi connectivity index (χ3n) is 6.83. The summed E-state index contributed by atoms with van der Waals surface area (Å²) in [5.74, 6) is -2.21. The molecule has 0 bridgehead atoms. The third-order valence-corrected chi connectivity index (χ3v) is 6.83. The van der Waals surface area contributed by atoms with E-state index in [1.165, 1.54) is 83.5 Å². The van der Waals surface area contributed by atoms with Gasteiger partial charge in [0.1, 0.15) is 0 Å². The molecule has 0 heterocycles. The van der Waals surface area contributed by atoms with Crippen molar-refractivity contribution in [3.8, 4) is 0 Å². The second-order valence-electron chi connectivity index (χ2n) is 10.8. The Morgan fingerprint density at radius 3 is 1.00 bits per heavy atom. The van der Waals surface area contributed by atoms with E-state index in [-0.39, 0.29) is 0 Å². The maximum atomic E-state index is 12.5. The van der Waals surface area contributed by atoms with Crippen LogP contribution in [0.5, 0.6) is 0 Å². The lowest BCUT2D eigenvalue weighted by molar-refractivity contribution is -0.229. The van der Waals surface area contributed by atoms with E-state index >= 15 is 0 Å². The molecule has 0 amide bonds. The molecule has 36 heavy (non-hydrogen) atoms. The minimum absolute atomic E-state index is 0.320. The minimum atomic E-state index is -1.23. The summed E-state index contributed by atoms with van der Waals surface area (Å²) in [5.41, 5.74) is 0.641. The van der Waals surface area contributed by atoms with Gasteiger partial charge in [-0.05, 0) is 26.7 Å². The zero-order valence-corrected chi connectivity index (χ0v) is 24.4. The molecule has 0 aliphatic heterocycles. The van der Waals surface area contributed by atoms with E-state index in [2.05, 4.69) is 27.0 Å². The summed E-state index contributed by atoms with van der Waals surface area (Å²) >= 11 is 0. The molecular weight excluding hydrogens is 448 g/mol. The third kappa shape index (κ3) is 18.7. The van der Waals surface area contributed by atoms with Crippen molar-refractivity contribution in [3.63, 3.8) is 0 Å². The number of carbonyl (C=O) groups excluding carboxylic acids is 2. The van der Waals surface area contributed by atoms with Crippen LogP contribution in [0.1, 0.15) is 163 Å². The Morgan fingerprint density at radius 1 is 0.500 bits per heavy atom. The summed E-state index contributed by atoms with van der Waals surface area (Å²) < 4.78 is 11.7. The van der Waals surface area contributed by atoms with Crippen molar-refractivity contribution >= 4 is 11.9 Å². The fourth-order valence-corrected chi connectivity index (χ4v) is 4.45. The van der Waals surface area contributed by atoms with Gasteiger partial charge in [0.2, 0.25) is 0 Å². The van der Waals surface area contributed by atoms with Crippen LogP contribution in [0.25, 0.3) is 0 Å². The highest BCUT2D eigenvalue weighted by atomic mass is 16.7. The summed E-state index contributed by atoms with van der Waals surface area (Å²) in [4.78, 5) is 25.0. The van der Waals surface area contributed by atoms with Crippen molar-refractivity contribution in [2.45, 2.75) is 168 Å². The van der Waals surface area contributed by atoms with Gasteiger partial charge in [-0.1, -0.05) is 136 Å². The quantitative estimate of drug-likeness (QED) is 0.0535. The molecule has 0 radical (unpaired) electrons. The minimum Gasteiger partial charge on any atom is -0.419 e. The first-order valence-electron chi connectivity index (χ1n) is 15.1. The van der Waals surface area contributed by atoms with Crippen LogP contribution < -0.4 is 0 Å². The number of unbranched alkanes of at least 4 members (excludes halogenated alkanes) is 17. The van der Waals surface area contributed by atoms with Crippen LogP contribution in [0.4, 0.5) is 0 Å². The van der Waals surface area contributed by atoms with Crippen molar-refractivity contribution in [1.82, 2.24) is 0 Å². The van der Waals surface area contributed by atoms with E-state index in [0.717, 1.165) is 38.5 Å². The van der Waals surface area contributed by atoms with Crippen molar-refractivity contribution in [2.24, 2.45) is 0 Å². The summed E-state index contributed by atoms with van der Waals surface area (Å²) in [6.45, 7) is 15.2. The van der Waals surface area contributed by atoms with Gasteiger partial charge in [-0.3, -0.25) is 0 Å². The Morgan fingerprint density at radius 2 is 0.750 bits per heavy atom. The summed E-state index contributed by atoms with van der Waals surface area (Å²) in [5, 5.41) is 0. The number of ether oxygens (including phenoxy) is 2.